The molecule has 0 saturated carbocycles. The molecule has 1 aromatic rings. The van der Waals surface area contributed by atoms with Crippen LogP contribution in [0.4, 0.5) is 0 Å². The van der Waals surface area contributed by atoms with E-state index in [0.717, 1.165) is 5.56 Å². The summed E-state index contributed by atoms with van der Waals surface area (Å²) in [7, 11) is -5.90. The smallest absolute Gasteiger partial charge is 0.300 e. The van der Waals surface area contributed by atoms with Crippen LogP contribution < -0.4 is 4.43 Å². The molecule has 0 bridgehead atoms. The maximum absolute atomic E-state index is 12.2. The first-order valence-electron chi connectivity index (χ1n) is 7.10. The third-order valence-electron chi connectivity index (χ3n) is 3.81. The van der Waals surface area contributed by atoms with Gasteiger partial charge in [0, 0.05) is 0 Å². The molecular formula is C15H26O4SSi. The molecule has 0 aliphatic carbocycles. The highest BCUT2D eigenvalue weighted by atomic mass is 32.2. The van der Waals surface area contributed by atoms with Gasteiger partial charge in [-0.1, -0.05) is 26.8 Å². The second-order valence-corrected chi connectivity index (χ2v) is 13.0. The summed E-state index contributed by atoms with van der Waals surface area (Å²) < 4.78 is 35.5. The fourth-order valence-electron chi connectivity index (χ4n) is 1.55. The fourth-order valence-corrected chi connectivity index (χ4v) is 3.67. The van der Waals surface area contributed by atoms with E-state index in [9.17, 15) is 8.42 Å². The van der Waals surface area contributed by atoms with E-state index in [4.69, 9.17) is 8.61 Å². The van der Waals surface area contributed by atoms with E-state index in [-0.39, 0.29) is 16.5 Å². The molecule has 6 heteroatoms. The van der Waals surface area contributed by atoms with E-state index in [1.54, 1.807) is 25.1 Å². The van der Waals surface area contributed by atoms with E-state index in [0.29, 0.717) is 5.75 Å². The quantitative estimate of drug-likeness (QED) is 0.602. The standard InChI is InChI=1S/C15H26O4SSi/c1-8-18-20(16,17)14-10-9-12(2)11-13(14)19-21(6,7)15(3,4)5/h9-11H,8H2,1-7H3. The van der Waals surface area contributed by atoms with Gasteiger partial charge in [-0.2, -0.15) is 8.42 Å². The molecule has 1 aromatic carbocycles. The van der Waals surface area contributed by atoms with Crippen LogP contribution in [0, 0.1) is 6.92 Å². The summed E-state index contributed by atoms with van der Waals surface area (Å²) in [6.45, 7) is 14.2. The van der Waals surface area contributed by atoms with Gasteiger partial charge in [0.1, 0.15) is 10.6 Å². The molecule has 0 atom stereocenters. The zero-order valence-electron chi connectivity index (χ0n) is 14.0. The number of rotatable bonds is 5. The summed E-state index contributed by atoms with van der Waals surface area (Å²) >= 11 is 0. The predicted molar refractivity (Wildman–Crippen MR) is 87.8 cm³/mol. The van der Waals surface area contributed by atoms with Crippen LogP contribution in [0.5, 0.6) is 5.75 Å². The SMILES string of the molecule is CCOS(=O)(=O)c1ccc(C)cc1O[Si](C)(C)C(C)(C)C. The summed E-state index contributed by atoms with van der Waals surface area (Å²) in [6.07, 6.45) is 0. The minimum atomic E-state index is -3.78. The summed E-state index contributed by atoms with van der Waals surface area (Å²) in [4.78, 5) is 0.111. The maximum atomic E-state index is 12.2. The molecule has 1 rings (SSSR count). The Labute approximate surface area is 129 Å². The third kappa shape index (κ3) is 4.31. The lowest BCUT2D eigenvalue weighted by Crippen LogP contribution is -2.44. The van der Waals surface area contributed by atoms with Crippen molar-refractivity contribution in [1.82, 2.24) is 0 Å². The molecular weight excluding hydrogens is 304 g/mol. The molecule has 120 valence electrons. The second-order valence-electron chi connectivity index (χ2n) is 6.67. The molecule has 0 aromatic heterocycles. The van der Waals surface area contributed by atoms with Crippen LogP contribution in [-0.4, -0.2) is 23.3 Å². The van der Waals surface area contributed by atoms with Crippen molar-refractivity contribution in [3.05, 3.63) is 23.8 Å². The van der Waals surface area contributed by atoms with Crippen LogP contribution >= 0.6 is 0 Å². The van der Waals surface area contributed by atoms with Crippen molar-refractivity contribution in [3.8, 4) is 5.75 Å². The van der Waals surface area contributed by atoms with Crippen LogP contribution in [0.3, 0.4) is 0 Å². The molecule has 0 unspecified atom stereocenters. The van der Waals surface area contributed by atoms with Crippen molar-refractivity contribution in [2.75, 3.05) is 6.61 Å². The van der Waals surface area contributed by atoms with Gasteiger partial charge >= 0.3 is 10.1 Å². The van der Waals surface area contributed by atoms with Gasteiger partial charge in [-0.15, -0.1) is 0 Å². The van der Waals surface area contributed by atoms with Crippen molar-refractivity contribution in [2.45, 2.75) is 57.6 Å². The first-order valence-corrected chi connectivity index (χ1v) is 11.4. The summed E-state index contributed by atoms with van der Waals surface area (Å²) in [5.41, 5.74) is 0.958. The maximum Gasteiger partial charge on any atom is 0.300 e. The van der Waals surface area contributed by atoms with Gasteiger partial charge in [0.05, 0.1) is 6.61 Å². The molecule has 0 spiro atoms. The van der Waals surface area contributed by atoms with Gasteiger partial charge in [-0.3, -0.25) is 4.18 Å². The lowest BCUT2D eigenvalue weighted by atomic mass is 10.2. The van der Waals surface area contributed by atoms with E-state index in [1.807, 2.05) is 6.92 Å². The van der Waals surface area contributed by atoms with Gasteiger partial charge < -0.3 is 4.43 Å². The summed E-state index contributed by atoms with van der Waals surface area (Å²) in [5, 5.41) is -0.0105. The molecule has 0 radical (unpaired) electrons. The zero-order chi connectivity index (χ0) is 16.5. The number of hydrogen-bond acceptors (Lipinski definition) is 4. The minimum absolute atomic E-state index is 0.0105. The predicted octanol–water partition coefficient (Wildman–Crippen LogP) is 4.10. The number of benzene rings is 1. The zero-order valence-corrected chi connectivity index (χ0v) is 15.8. The Morgan fingerprint density at radius 3 is 2.24 bits per heavy atom. The normalized spacial score (nSPS) is 13.3. The summed E-state index contributed by atoms with van der Waals surface area (Å²) in [5.74, 6) is 0.398. The number of hydrogen-bond donors (Lipinski definition) is 0. The van der Waals surface area contributed by atoms with Crippen LogP contribution in [0.1, 0.15) is 33.3 Å². The molecule has 0 N–H and O–H groups in total. The lowest BCUT2D eigenvalue weighted by Gasteiger charge is -2.37. The van der Waals surface area contributed by atoms with E-state index in [2.05, 4.69) is 33.9 Å². The molecule has 0 heterocycles. The highest BCUT2D eigenvalue weighted by Crippen LogP contribution is 2.39. The van der Waals surface area contributed by atoms with Crippen molar-refractivity contribution in [2.24, 2.45) is 0 Å². The Bertz CT molecular complexity index is 601. The van der Waals surface area contributed by atoms with Gasteiger partial charge in [0.2, 0.25) is 0 Å². The largest absolute Gasteiger partial charge is 0.543 e. The van der Waals surface area contributed by atoms with Crippen molar-refractivity contribution >= 4 is 18.4 Å². The molecule has 0 amide bonds. The molecule has 0 aliphatic rings. The minimum Gasteiger partial charge on any atom is -0.543 e. The Kier molecular flexibility index (Phi) is 5.29. The highest BCUT2D eigenvalue weighted by Gasteiger charge is 2.40. The van der Waals surface area contributed by atoms with Crippen molar-refractivity contribution < 1.29 is 17.0 Å². The van der Waals surface area contributed by atoms with Crippen LogP contribution in [-0.2, 0) is 14.3 Å². The third-order valence-corrected chi connectivity index (χ3v) is 9.58. The summed E-state index contributed by atoms with van der Waals surface area (Å²) in [6, 6.07) is 5.08. The Morgan fingerprint density at radius 1 is 1.19 bits per heavy atom. The average molecular weight is 331 g/mol. The molecule has 4 nitrogen and oxygen atoms in total. The highest BCUT2D eigenvalue weighted by molar-refractivity contribution is 7.86. The number of aryl methyl sites for hydroxylation is 1. The Morgan fingerprint density at radius 2 is 1.76 bits per heavy atom. The molecule has 0 fully saturated rings. The van der Waals surface area contributed by atoms with Crippen LogP contribution in [0.15, 0.2) is 23.1 Å². The molecule has 0 aliphatic heterocycles. The van der Waals surface area contributed by atoms with E-state index in [1.165, 1.54) is 0 Å². The fraction of sp³-hybridized carbons (Fsp3) is 0.600. The van der Waals surface area contributed by atoms with Gasteiger partial charge in [-0.05, 0) is 49.7 Å². The Hall–Kier alpha value is -0.853. The topological polar surface area (TPSA) is 52.6 Å². The Balaban J connectivity index is 3.34. The first-order chi connectivity index (χ1) is 9.40. The van der Waals surface area contributed by atoms with Gasteiger partial charge in [0.15, 0.2) is 0 Å². The van der Waals surface area contributed by atoms with Crippen molar-refractivity contribution in [1.29, 1.82) is 0 Å². The average Bonchev–Trinajstić information content (AvgIpc) is 2.26. The van der Waals surface area contributed by atoms with Gasteiger partial charge in [-0.25, -0.2) is 0 Å². The second kappa shape index (κ2) is 6.10. The molecule has 21 heavy (non-hydrogen) atoms. The monoisotopic (exact) mass is 330 g/mol. The molecule has 0 saturated heterocycles. The van der Waals surface area contributed by atoms with E-state index >= 15 is 0 Å². The van der Waals surface area contributed by atoms with Crippen LogP contribution in [0.25, 0.3) is 0 Å². The van der Waals surface area contributed by atoms with Gasteiger partial charge in [0.25, 0.3) is 8.32 Å². The first kappa shape index (κ1) is 18.2. The lowest BCUT2D eigenvalue weighted by molar-refractivity contribution is 0.336. The van der Waals surface area contributed by atoms with Crippen molar-refractivity contribution in [3.63, 3.8) is 0 Å². The van der Waals surface area contributed by atoms with Crippen LogP contribution in [0.2, 0.25) is 18.1 Å². The van der Waals surface area contributed by atoms with E-state index < -0.39 is 18.4 Å².